The van der Waals surface area contributed by atoms with Crippen LogP contribution in [0.5, 0.6) is 0 Å². The monoisotopic (exact) mass is 315 g/mol. The molecular weight excluding hydrogens is 293 g/mol. The molecule has 0 aromatic heterocycles. The first-order chi connectivity index (χ1) is 9.45. The van der Waals surface area contributed by atoms with Crippen LogP contribution in [0.1, 0.15) is 51.0 Å². The van der Waals surface area contributed by atoms with E-state index in [1.165, 1.54) is 0 Å². The summed E-state index contributed by atoms with van der Waals surface area (Å²) in [6, 6.07) is 5.79. The van der Waals surface area contributed by atoms with Crippen LogP contribution in [0.25, 0.3) is 0 Å². The SMILES string of the molecule is CCCC1(O)CCC(CN)(c2ccc(Cl)c(Cl)c2)CC1. The Morgan fingerprint density at radius 1 is 1.15 bits per heavy atom. The summed E-state index contributed by atoms with van der Waals surface area (Å²) in [6.07, 6.45) is 5.29. The molecule has 0 spiro atoms. The maximum absolute atomic E-state index is 10.6. The maximum atomic E-state index is 10.6. The van der Waals surface area contributed by atoms with E-state index < -0.39 is 5.60 Å². The smallest absolute Gasteiger partial charge is 0.0648 e. The highest BCUT2D eigenvalue weighted by Gasteiger charge is 2.41. The molecule has 0 atom stereocenters. The Morgan fingerprint density at radius 2 is 1.80 bits per heavy atom. The van der Waals surface area contributed by atoms with Gasteiger partial charge < -0.3 is 10.8 Å². The normalized spacial score (nSPS) is 30.4. The lowest BCUT2D eigenvalue weighted by Gasteiger charge is -2.44. The van der Waals surface area contributed by atoms with Crippen molar-refractivity contribution in [3.63, 3.8) is 0 Å². The zero-order valence-electron chi connectivity index (χ0n) is 12.0. The lowest BCUT2D eigenvalue weighted by molar-refractivity contribution is -0.0227. The van der Waals surface area contributed by atoms with Crippen LogP contribution in [0.4, 0.5) is 0 Å². The Morgan fingerprint density at radius 3 is 2.30 bits per heavy atom. The van der Waals surface area contributed by atoms with Gasteiger partial charge in [0.05, 0.1) is 15.6 Å². The van der Waals surface area contributed by atoms with Crippen molar-refractivity contribution in [2.24, 2.45) is 5.73 Å². The Labute approximate surface area is 131 Å². The van der Waals surface area contributed by atoms with Crippen LogP contribution in [0.3, 0.4) is 0 Å². The molecule has 1 aromatic carbocycles. The highest BCUT2D eigenvalue weighted by Crippen LogP contribution is 2.45. The highest BCUT2D eigenvalue weighted by atomic mass is 35.5. The average Bonchev–Trinajstić information content (AvgIpc) is 2.43. The second-order valence-electron chi connectivity index (χ2n) is 6.09. The standard InChI is InChI=1S/C16H23Cl2NO/c1-2-5-16(20)8-6-15(11-19,7-9-16)12-3-4-13(17)14(18)10-12/h3-4,10,20H,2,5-9,11,19H2,1H3. The Bertz CT molecular complexity index is 468. The predicted molar refractivity (Wildman–Crippen MR) is 85.5 cm³/mol. The molecule has 1 fully saturated rings. The fourth-order valence-corrected chi connectivity index (χ4v) is 3.64. The molecule has 1 saturated carbocycles. The fraction of sp³-hybridized carbons (Fsp3) is 0.625. The summed E-state index contributed by atoms with van der Waals surface area (Å²) >= 11 is 12.1. The van der Waals surface area contributed by atoms with Crippen LogP contribution in [-0.2, 0) is 5.41 Å². The van der Waals surface area contributed by atoms with Crippen molar-refractivity contribution in [1.29, 1.82) is 0 Å². The van der Waals surface area contributed by atoms with Crippen LogP contribution < -0.4 is 5.73 Å². The molecule has 0 saturated heterocycles. The molecular formula is C16H23Cl2NO. The van der Waals surface area contributed by atoms with Crippen LogP contribution in [0, 0.1) is 0 Å². The number of nitrogens with two attached hydrogens (primary N) is 1. The first-order valence-corrected chi connectivity index (χ1v) is 8.08. The molecule has 0 bridgehead atoms. The lowest BCUT2D eigenvalue weighted by atomic mass is 9.64. The van der Waals surface area contributed by atoms with Crippen LogP contribution >= 0.6 is 23.2 Å². The second-order valence-corrected chi connectivity index (χ2v) is 6.90. The molecule has 1 aromatic rings. The molecule has 4 heteroatoms. The van der Waals surface area contributed by atoms with Gasteiger partial charge in [-0.1, -0.05) is 42.6 Å². The van der Waals surface area contributed by atoms with E-state index in [0.29, 0.717) is 16.6 Å². The van der Waals surface area contributed by atoms with Crippen molar-refractivity contribution in [2.75, 3.05) is 6.54 Å². The van der Waals surface area contributed by atoms with E-state index in [1.54, 1.807) is 0 Å². The molecule has 0 radical (unpaired) electrons. The third-order valence-corrected chi connectivity index (χ3v) is 5.51. The van der Waals surface area contributed by atoms with Crippen molar-refractivity contribution in [2.45, 2.75) is 56.5 Å². The summed E-state index contributed by atoms with van der Waals surface area (Å²) < 4.78 is 0. The zero-order valence-corrected chi connectivity index (χ0v) is 13.5. The average molecular weight is 316 g/mol. The van der Waals surface area contributed by atoms with Crippen molar-refractivity contribution in [1.82, 2.24) is 0 Å². The number of benzene rings is 1. The number of halogens is 2. The topological polar surface area (TPSA) is 46.2 Å². The first-order valence-electron chi connectivity index (χ1n) is 7.33. The van der Waals surface area contributed by atoms with Crippen molar-refractivity contribution >= 4 is 23.2 Å². The summed E-state index contributed by atoms with van der Waals surface area (Å²) in [5.41, 5.74) is 6.62. The summed E-state index contributed by atoms with van der Waals surface area (Å²) in [6.45, 7) is 2.69. The van der Waals surface area contributed by atoms with Crippen LogP contribution in [0.15, 0.2) is 18.2 Å². The van der Waals surface area contributed by atoms with E-state index in [0.717, 1.165) is 44.1 Å². The molecule has 0 amide bonds. The summed E-state index contributed by atoms with van der Waals surface area (Å²) in [5, 5.41) is 11.7. The highest BCUT2D eigenvalue weighted by molar-refractivity contribution is 6.42. The quantitative estimate of drug-likeness (QED) is 0.870. The fourth-order valence-electron chi connectivity index (χ4n) is 3.35. The largest absolute Gasteiger partial charge is 0.390 e. The van der Waals surface area contributed by atoms with Crippen molar-refractivity contribution in [3.05, 3.63) is 33.8 Å². The third-order valence-electron chi connectivity index (χ3n) is 4.78. The Hall–Kier alpha value is -0.280. The molecule has 0 unspecified atom stereocenters. The predicted octanol–water partition coefficient (Wildman–Crippen LogP) is 4.30. The van der Waals surface area contributed by atoms with Gasteiger partial charge in [-0.25, -0.2) is 0 Å². The maximum Gasteiger partial charge on any atom is 0.0648 e. The minimum Gasteiger partial charge on any atom is -0.390 e. The number of hydrogen-bond donors (Lipinski definition) is 2. The minimum atomic E-state index is -0.510. The van der Waals surface area contributed by atoms with Gasteiger partial charge in [-0.3, -0.25) is 0 Å². The van der Waals surface area contributed by atoms with E-state index in [9.17, 15) is 5.11 Å². The molecule has 1 aliphatic carbocycles. The number of hydrogen-bond acceptors (Lipinski definition) is 2. The summed E-state index contributed by atoms with van der Waals surface area (Å²) in [5.74, 6) is 0. The molecule has 20 heavy (non-hydrogen) atoms. The van der Waals surface area contributed by atoms with Crippen LogP contribution in [0.2, 0.25) is 10.0 Å². The molecule has 2 nitrogen and oxygen atoms in total. The van der Waals surface area contributed by atoms with Gasteiger partial charge in [0, 0.05) is 12.0 Å². The molecule has 3 N–H and O–H groups in total. The Balaban J connectivity index is 2.22. The molecule has 112 valence electrons. The van der Waals surface area contributed by atoms with Gasteiger partial charge in [-0.2, -0.15) is 0 Å². The first kappa shape index (κ1) is 16.1. The summed E-state index contributed by atoms with van der Waals surface area (Å²) in [7, 11) is 0. The van der Waals surface area contributed by atoms with E-state index in [2.05, 4.69) is 6.92 Å². The zero-order chi connectivity index (χ0) is 14.8. The number of rotatable bonds is 4. The van der Waals surface area contributed by atoms with Gasteiger partial charge in [-0.15, -0.1) is 0 Å². The van der Waals surface area contributed by atoms with Gasteiger partial charge >= 0.3 is 0 Å². The van der Waals surface area contributed by atoms with E-state index in [1.807, 2.05) is 18.2 Å². The molecule has 1 aliphatic rings. The van der Waals surface area contributed by atoms with E-state index in [4.69, 9.17) is 28.9 Å². The molecule has 0 heterocycles. The van der Waals surface area contributed by atoms with E-state index >= 15 is 0 Å². The van der Waals surface area contributed by atoms with Gasteiger partial charge in [0.1, 0.15) is 0 Å². The minimum absolute atomic E-state index is 0.0752. The van der Waals surface area contributed by atoms with E-state index in [-0.39, 0.29) is 5.41 Å². The van der Waals surface area contributed by atoms with Gasteiger partial charge in [-0.05, 0) is 49.8 Å². The van der Waals surface area contributed by atoms with Crippen LogP contribution in [-0.4, -0.2) is 17.3 Å². The molecule has 0 aliphatic heterocycles. The van der Waals surface area contributed by atoms with Gasteiger partial charge in [0.15, 0.2) is 0 Å². The second kappa shape index (κ2) is 6.23. The lowest BCUT2D eigenvalue weighted by Crippen LogP contribution is -2.45. The number of aliphatic hydroxyl groups is 1. The third kappa shape index (κ3) is 3.14. The summed E-state index contributed by atoms with van der Waals surface area (Å²) in [4.78, 5) is 0. The van der Waals surface area contributed by atoms with Crippen molar-refractivity contribution in [3.8, 4) is 0 Å². The van der Waals surface area contributed by atoms with Gasteiger partial charge in [0.25, 0.3) is 0 Å². The Kier molecular flexibility index (Phi) is 5.01. The molecule has 2 rings (SSSR count). The van der Waals surface area contributed by atoms with Gasteiger partial charge in [0.2, 0.25) is 0 Å². The van der Waals surface area contributed by atoms with Crippen molar-refractivity contribution < 1.29 is 5.11 Å².